The second-order valence-corrected chi connectivity index (χ2v) is 6.10. The van der Waals surface area contributed by atoms with Crippen molar-refractivity contribution in [3.05, 3.63) is 34.8 Å². The number of nitrogens with zero attached hydrogens (tertiary/aromatic N) is 2. The Bertz CT molecular complexity index is 644. The Balaban J connectivity index is 1.86. The van der Waals surface area contributed by atoms with Crippen LogP contribution in [0.2, 0.25) is 0 Å². The third-order valence-corrected chi connectivity index (χ3v) is 4.36. The van der Waals surface area contributed by atoms with Crippen molar-refractivity contribution >= 4 is 40.4 Å². The predicted octanol–water partition coefficient (Wildman–Crippen LogP) is 3.39. The molecule has 1 amide bonds. The van der Waals surface area contributed by atoms with Gasteiger partial charge in [0.2, 0.25) is 11.8 Å². The minimum Gasteiger partial charge on any atom is -0.338 e. The van der Waals surface area contributed by atoms with Crippen molar-refractivity contribution in [3.8, 4) is 11.3 Å². The zero-order valence-electron chi connectivity index (χ0n) is 10.6. The molecule has 104 valence electrons. The number of aromatic nitrogens is 1. The first-order valence-electron chi connectivity index (χ1n) is 6.31. The summed E-state index contributed by atoms with van der Waals surface area (Å²) < 4.78 is 6.30. The number of rotatable bonds is 3. The lowest BCUT2D eigenvalue weighted by Gasteiger charge is -2.10. The smallest absolute Gasteiger partial charge is 0.234 e. The first kappa shape index (κ1) is 13.7. The van der Waals surface area contributed by atoms with Gasteiger partial charge in [-0.15, -0.1) is 0 Å². The van der Waals surface area contributed by atoms with Gasteiger partial charge in [-0.2, -0.15) is 12.6 Å². The van der Waals surface area contributed by atoms with Gasteiger partial charge in [-0.05, 0) is 23.8 Å². The zero-order valence-corrected chi connectivity index (χ0v) is 13.1. The summed E-state index contributed by atoms with van der Waals surface area (Å²) in [6.45, 7) is 0.648. The molecule has 1 fully saturated rings. The highest BCUT2D eigenvalue weighted by Gasteiger charge is 2.32. The number of carbonyl (C=O) groups is 1. The summed E-state index contributed by atoms with van der Waals surface area (Å²) in [5, 5.41) is 4.05. The van der Waals surface area contributed by atoms with Crippen LogP contribution >= 0.6 is 28.6 Å². The maximum absolute atomic E-state index is 11.9. The number of carbonyl (C=O) groups excluding carboxylic acids is 1. The average Bonchev–Trinajstić information content (AvgIpc) is 3.05. The maximum Gasteiger partial charge on any atom is 0.234 e. The van der Waals surface area contributed by atoms with Crippen molar-refractivity contribution in [3.63, 3.8) is 0 Å². The van der Waals surface area contributed by atoms with Crippen LogP contribution in [0.15, 0.2) is 39.3 Å². The highest BCUT2D eigenvalue weighted by Crippen LogP contribution is 2.30. The molecular weight excluding hydrogens is 340 g/mol. The Morgan fingerprint density at radius 2 is 2.30 bits per heavy atom. The van der Waals surface area contributed by atoms with Gasteiger partial charge in [-0.25, -0.2) is 0 Å². The number of hydrogen-bond acceptors (Lipinski definition) is 4. The number of amides is 1. The lowest BCUT2D eigenvalue weighted by molar-refractivity contribution is -0.117. The van der Waals surface area contributed by atoms with Crippen molar-refractivity contribution in [2.45, 2.75) is 6.42 Å². The van der Waals surface area contributed by atoms with E-state index in [1.54, 1.807) is 11.0 Å². The van der Waals surface area contributed by atoms with E-state index in [-0.39, 0.29) is 11.8 Å². The van der Waals surface area contributed by atoms with Crippen molar-refractivity contribution in [2.24, 2.45) is 5.92 Å². The van der Waals surface area contributed by atoms with E-state index in [0.717, 1.165) is 15.7 Å². The molecule has 1 unspecified atom stereocenters. The molecule has 0 bridgehead atoms. The van der Waals surface area contributed by atoms with E-state index >= 15 is 0 Å². The van der Waals surface area contributed by atoms with Crippen LogP contribution in [0.1, 0.15) is 6.42 Å². The minimum atomic E-state index is 0.0704. The zero-order chi connectivity index (χ0) is 14.1. The standard InChI is InChI=1S/C14H13BrN2O2S/c15-11-3-1-2-10(5-11)12-6-14(19-16-12)17-7-9(8-20)4-13(17)18/h1-3,5-6,9,20H,4,7-8H2. The molecule has 1 aromatic heterocycles. The monoisotopic (exact) mass is 352 g/mol. The molecule has 6 heteroatoms. The molecule has 20 heavy (non-hydrogen) atoms. The van der Waals surface area contributed by atoms with Gasteiger partial charge in [0.1, 0.15) is 5.69 Å². The molecular formula is C14H13BrN2O2S. The van der Waals surface area contributed by atoms with Crippen molar-refractivity contribution in [2.75, 3.05) is 17.2 Å². The van der Waals surface area contributed by atoms with Crippen LogP contribution in [-0.4, -0.2) is 23.4 Å². The van der Waals surface area contributed by atoms with E-state index < -0.39 is 0 Å². The lowest BCUT2D eigenvalue weighted by Crippen LogP contribution is -2.24. The van der Waals surface area contributed by atoms with Gasteiger partial charge < -0.3 is 4.52 Å². The predicted molar refractivity (Wildman–Crippen MR) is 84.0 cm³/mol. The van der Waals surface area contributed by atoms with Gasteiger partial charge in [0, 0.05) is 29.1 Å². The maximum atomic E-state index is 11.9. The van der Waals surface area contributed by atoms with E-state index in [1.165, 1.54) is 0 Å². The molecule has 2 aromatic rings. The molecule has 0 spiro atoms. The Morgan fingerprint density at radius 3 is 3.00 bits per heavy atom. The lowest BCUT2D eigenvalue weighted by atomic mass is 10.1. The molecule has 2 heterocycles. The molecule has 0 N–H and O–H groups in total. The van der Waals surface area contributed by atoms with Gasteiger partial charge in [0.05, 0.1) is 0 Å². The number of thiol groups is 1. The van der Waals surface area contributed by atoms with Crippen LogP contribution in [0.25, 0.3) is 11.3 Å². The average molecular weight is 353 g/mol. The summed E-state index contributed by atoms with van der Waals surface area (Å²) in [4.78, 5) is 13.6. The van der Waals surface area contributed by atoms with Crippen molar-refractivity contribution in [1.82, 2.24) is 5.16 Å². The number of anilines is 1. The second-order valence-electron chi connectivity index (χ2n) is 4.82. The van der Waals surface area contributed by atoms with Gasteiger partial charge in [-0.1, -0.05) is 33.2 Å². The molecule has 1 atom stereocenters. The Labute approximate surface area is 130 Å². The third kappa shape index (κ3) is 2.62. The Hall–Kier alpha value is -1.27. The number of halogens is 1. The molecule has 4 nitrogen and oxygen atoms in total. The van der Waals surface area contributed by atoms with Gasteiger partial charge in [-0.3, -0.25) is 9.69 Å². The van der Waals surface area contributed by atoms with Crippen LogP contribution in [-0.2, 0) is 4.79 Å². The summed E-state index contributed by atoms with van der Waals surface area (Å²) in [5.74, 6) is 1.56. The third-order valence-electron chi connectivity index (χ3n) is 3.35. The molecule has 0 aliphatic carbocycles. The van der Waals surface area contributed by atoms with Crippen LogP contribution < -0.4 is 4.90 Å². The molecule has 0 saturated carbocycles. The summed E-state index contributed by atoms with van der Waals surface area (Å²) in [6.07, 6.45) is 0.524. The van der Waals surface area contributed by atoms with Gasteiger partial charge >= 0.3 is 0 Å². The molecule has 1 aliphatic rings. The topological polar surface area (TPSA) is 46.3 Å². The highest BCUT2D eigenvalue weighted by molar-refractivity contribution is 9.10. The summed E-state index contributed by atoms with van der Waals surface area (Å²) in [6, 6.07) is 9.61. The Kier molecular flexibility index (Phi) is 3.85. The minimum absolute atomic E-state index is 0.0704. The van der Waals surface area contributed by atoms with Crippen molar-refractivity contribution in [1.29, 1.82) is 0 Å². The van der Waals surface area contributed by atoms with Gasteiger partial charge in [0.25, 0.3) is 0 Å². The Morgan fingerprint density at radius 1 is 1.45 bits per heavy atom. The molecule has 3 rings (SSSR count). The fraction of sp³-hybridized carbons (Fsp3) is 0.286. The summed E-state index contributed by atoms with van der Waals surface area (Å²) in [7, 11) is 0. The van der Waals surface area contributed by atoms with Crippen LogP contribution in [0.5, 0.6) is 0 Å². The summed E-state index contributed by atoms with van der Waals surface area (Å²) >= 11 is 7.68. The highest BCUT2D eigenvalue weighted by atomic mass is 79.9. The molecule has 0 radical (unpaired) electrons. The first-order chi connectivity index (χ1) is 9.67. The van der Waals surface area contributed by atoms with Crippen LogP contribution in [0.3, 0.4) is 0 Å². The first-order valence-corrected chi connectivity index (χ1v) is 7.74. The van der Waals surface area contributed by atoms with E-state index in [4.69, 9.17) is 4.52 Å². The largest absolute Gasteiger partial charge is 0.338 e. The SMILES string of the molecule is O=C1CC(CS)CN1c1cc(-c2cccc(Br)c2)no1. The van der Waals surface area contributed by atoms with Crippen LogP contribution in [0.4, 0.5) is 5.88 Å². The number of benzene rings is 1. The number of hydrogen-bond donors (Lipinski definition) is 1. The second kappa shape index (κ2) is 5.61. The summed E-state index contributed by atoms with van der Waals surface area (Å²) in [5.41, 5.74) is 1.68. The van der Waals surface area contributed by atoms with Crippen LogP contribution in [0, 0.1) is 5.92 Å². The molecule has 1 saturated heterocycles. The quantitative estimate of drug-likeness (QED) is 0.861. The fourth-order valence-corrected chi connectivity index (χ4v) is 2.94. The van der Waals surface area contributed by atoms with E-state index in [9.17, 15) is 4.79 Å². The fourth-order valence-electron chi connectivity index (χ4n) is 2.29. The molecule has 1 aromatic carbocycles. The van der Waals surface area contributed by atoms with E-state index in [1.807, 2.05) is 24.3 Å². The van der Waals surface area contributed by atoms with Crippen molar-refractivity contribution < 1.29 is 9.32 Å². The normalized spacial score (nSPS) is 18.8. The van der Waals surface area contributed by atoms with E-state index in [0.29, 0.717) is 24.6 Å². The van der Waals surface area contributed by atoms with Gasteiger partial charge in [0.15, 0.2) is 0 Å². The molecule has 1 aliphatic heterocycles. The van der Waals surface area contributed by atoms with E-state index in [2.05, 4.69) is 33.7 Å².